The van der Waals surface area contributed by atoms with Crippen LogP contribution in [-0.4, -0.2) is 20.3 Å². The Morgan fingerprint density at radius 1 is 0.778 bits per heavy atom. The third kappa shape index (κ3) is 698. The third-order valence-corrected chi connectivity index (χ3v) is 0. The predicted octanol–water partition coefficient (Wildman–Crippen LogP) is -1.48. The van der Waals surface area contributed by atoms with E-state index in [1.54, 1.807) is 0 Å². The van der Waals surface area contributed by atoms with Gasteiger partial charge in [0.05, 0.1) is 0 Å². The van der Waals surface area contributed by atoms with Gasteiger partial charge in [-0.05, 0) is 0 Å². The summed E-state index contributed by atoms with van der Waals surface area (Å²) in [4.78, 5) is 0. The zero-order valence-corrected chi connectivity index (χ0v) is 8.41. The number of rotatable bonds is 0. The van der Waals surface area contributed by atoms with E-state index in [4.69, 9.17) is 8.92 Å². The smallest absolute Gasteiger partial charge is 2.00 e. The monoisotopic (exact) mass is 242 g/mol. The first-order chi connectivity index (χ1) is 1.41. The SMILES string of the molecule is O=[Si]=O.[O-2].[O-2].[O-2].[O-2].[Si+4].[Zr+4]. The molecule has 0 aromatic carbocycles. The molecule has 0 aliphatic heterocycles. The van der Waals surface area contributed by atoms with Crippen LogP contribution < -0.4 is 0 Å². The molecule has 0 rings (SSSR count). The van der Waals surface area contributed by atoms with Gasteiger partial charge in [-0.25, -0.2) is 0 Å². The van der Waals surface area contributed by atoms with Gasteiger partial charge in [0.25, 0.3) is 0 Å². The summed E-state index contributed by atoms with van der Waals surface area (Å²) in [7, 11) is -1.42. The standard InChI is InChI=1S/O2Si.4O.Si.Zr/c1-3-2;;;;;;/q;4*-2;2*+4. The van der Waals surface area contributed by atoms with Gasteiger partial charge in [-0.2, -0.15) is 0 Å². The van der Waals surface area contributed by atoms with Crippen molar-refractivity contribution < 1.29 is 57.0 Å². The Kier molecular flexibility index (Phi) is 1870. The number of hydrogen-bond acceptors (Lipinski definition) is 2. The molecule has 0 aromatic rings. The van der Waals surface area contributed by atoms with Crippen LogP contribution in [0, 0.1) is 0 Å². The molecule has 0 aliphatic rings. The topological polar surface area (TPSA) is 148 Å². The summed E-state index contributed by atoms with van der Waals surface area (Å²) in [5.41, 5.74) is 0. The maximum absolute atomic E-state index is 8.40. The van der Waals surface area contributed by atoms with E-state index in [-0.39, 0.29) is 59.1 Å². The summed E-state index contributed by atoms with van der Waals surface area (Å²) >= 11 is 0. The second kappa shape index (κ2) is 171. The van der Waals surface area contributed by atoms with Crippen LogP contribution in [0.2, 0.25) is 0 Å². The van der Waals surface area contributed by atoms with Crippen molar-refractivity contribution in [2.24, 2.45) is 0 Å². The van der Waals surface area contributed by atoms with Crippen LogP contribution in [0.1, 0.15) is 0 Å². The molecular weight excluding hydrogens is 243 g/mol. The number of hydrogen-bond donors (Lipinski definition) is 0. The Balaban J connectivity index is -0.00000000133. The molecule has 0 heterocycles. The van der Waals surface area contributed by atoms with E-state index in [0.29, 0.717) is 0 Å². The van der Waals surface area contributed by atoms with E-state index in [9.17, 15) is 0 Å². The molecule has 0 amide bonds. The summed E-state index contributed by atoms with van der Waals surface area (Å²) in [5, 5.41) is 0. The maximum atomic E-state index is 8.40. The second-order valence-corrected chi connectivity index (χ2v) is 0.250. The van der Waals surface area contributed by atoms with Crippen LogP contribution in [-0.2, 0) is 57.0 Å². The minimum atomic E-state index is -1.42. The fraction of sp³-hybridized carbons (Fsp3) is 0. The summed E-state index contributed by atoms with van der Waals surface area (Å²) in [5.74, 6) is 0. The average molecular weight is 243 g/mol. The van der Waals surface area contributed by atoms with Crippen LogP contribution in [0.25, 0.3) is 0 Å². The zero-order valence-electron chi connectivity index (χ0n) is 3.95. The zero-order chi connectivity index (χ0) is 2.71. The summed E-state index contributed by atoms with van der Waals surface area (Å²) < 4.78 is 16.8. The summed E-state index contributed by atoms with van der Waals surface area (Å²) in [6, 6.07) is 0. The van der Waals surface area contributed by atoms with Crippen molar-refractivity contribution in [2.75, 3.05) is 0 Å². The van der Waals surface area contributed by atoms with E-state index >= 15 is 0 Å². The van der Waals surface area contributed by atoms with Crippen molar-refractivity contribution in [2.45, 2.75) is 0 Å². The molecule has 9 heteroatoms. The van der Waals surface area contributed by atoms with Crippen molar-refractivity contribution >= 4 is 20.3 Å². The van der Waals surface area contributed by atoms with Gasteiger partial charge in [-0.3, -0.25) is 8.92 Å². The Morgan fingerprint density at radius 2 is 0.778 bits per heavy atom. The molecule has 0 atom stereocenters. The van der Waals surface area contributed by atoms with E-state index < -0.39 is 9.29 Å². The van der Waals surface area contributed by atoms with Gasteiger partial charge in [0.2, 0.25) is 0 Å². The molecule has 0 radical (unpaired) electrons. The van der Waals surface area contributed by atoms with Crippen molar-refractivity contribution in [1.29, 1.82) is 0 Å². The van der Waals surface area contributed by atoms with Crippen molar-refractivity contribution in [3.05, 3.63) is 0 Å². The molecule has 0 saturated carbocycles. The first-order valence-corrected chi connectivity index (χ1v) is 1.22. The largest absolute Gasteiger partial charge is 4.00 e. The van der Waals surface area contributed by atoms with E-state index in [1.807, 2.05) is 0 Å². The van der Waals surface area contributed by atoms with Gasteiger partial charge in [0.15, 0.2) is 0 Å². The molecule has 0 saturated heterocycles. The second-order valence-electron chi connectivity index (χ2n) is 0.0833. The Hall–Kier alpha value is 0.757. The van der Waals surface area contributed by atoms with Crippen molar-refractivity contribution in [3.8, 4) is 0 Å². The van der Waals surface area contributed by atoms with Crippen molar-refractivity contribution in [1.82, 2.24) is 0 Å². The van der Waals surface area contributed by atoms with Crippen molar-refractivity contribution in [3.63, 3.8) is 0 Å². The van der Waals surface area contributed by atoms with Crippen LogP contribution in [0.15, 0.2) is 0 Å². The molecule has 0 aromatic heterocycles. The van der Waals surface area contributed by atoms with Gasteiger partial charge >= 0.3 is 46.5 Å². The minimum Gasteiger partial charge on any atom is -2.00 e. The van der Waals surface area contributed by atoms with Crippen LogP contribution in [0.4, 0.5) is 0 Å². The van der Waals surface area contributed by atoms with Crippen LogP contribution in [0.5, 0.6) is 0 Å². The Morgan fingerprint density at radius 3 is 0.778 bits per heavy atom. The molecule has 9 heavy (non-hydrogen) atoms. The predicted molar refractivity (Wildman–Crippen MR) is 15.6 cm³/mol. The Bertz CT molecular complexity index is 32.0. The first-order valence-electron chi connectivity index (χ1n) is 0.408. The first kappa shape index (κ1) is 98.4. The Labute approximate surface area is 77.3 Å². The van der Waals surface area contributed by atoms with Gasteiger partial charge < -0.3 is 21.9 Å². The normalized spacial score (nSPS) is 0.889. The summed E-state index contributed by atoms with van der Waals surface area (Å²) in [6.07, 6.45) is 0. The molecular formula is O6Si2Zr. The quantitative estimate of drug-likeness (QED) is 0.477. The average Bonchev–Trinajstić information content (AvgIpc) is 0.918. The molecule has 48 valence electrons. The fourth-order valence-electron chi connectivity index (χ4n) is 0. The molecule has 0 aliphatic carbocycles. The van der Waals surface area contributed by atoms with E-state index in [0.717, 1.165) is 0 Å². The molecule has 0 spiro atoms. The summed E-state index contributed by atoms with van der Waals surface area (Å²) in [6.45, 7) is 0. The van der Waals surface area contributed by atoms with Gasteiger partial charge in [0.1, 0.15) is 0 Å². The van der Waals surface area contributed by atoms with E-state index in [2.05, 4.69) is 0 Å². The fourth-order valence-corrected chi connectivity index (χ4v) is 0. The van der Waals surface area contributed by atoms with E-state index in [1.165, 1.54) is 0 Å². The molecule has 0 N–H and O–H groups in total. The van der Waals surface area contributed by atoms with Gasteiger partial charge in [0, 0.05) is 0 Å². The maximum Gasteiger partial charge on any atom is 4.00 e. The molecule has 6 nitrogen and oxygen atoms in total. The molecule has 0 unspecified atom stereocenters. The van der Waals surface area contributed by atoms with Gasteiger partial charge in [-0.15, -0.1) is 0 Å². The van der Waals surface area contributed by atoms with Crippen LogP contribution in [0.3, 0.4) is 0 Å². The molecule has 0 bridgehead atoms. The minimum absolute atomic E-state index is 0. The van der Waals surface area contributed by atoms with Gasteiger partial charge in [-0.1, -0.05) is 0 Å². The van der Waals surface area contributed by atoms with Crippen LogP contribution >= 0.6 is 0 Å². The molecule has 0 fully saturated rings. The third-order valence-electron chi connectivity index (χ3n) is 0.